The fraction of sp³-hybridized carbons (Fsp3) is 0.500. The van der Waals surface area contributed by atoms with Crippen LogP contribution in [0.2, 0.25) is 0 Å². The lowest BCUT2D eigenvalue weighted by molar-refractivity contribution is -0.130. The molecule has 9 heteroatoms. The summed E-state index contributed by atoms with van der Waals surface area (Å²) in [7, 11) is 1.62. The van der Waals surface area contributed by atoms with Gasteiger partial charge in [0, 0.05) is 6.42 Å². The molecule has 1 atom stereocenters. The zero-order chi connectivity index (χ0) is 22.4. The molecular weight excluding hydrogens is 414 g/mol. The molecule has 1 aromatic heterocycles. The highest BCUT2D eigenvalue weighted by atomic mass is 32.1. The van der Waals surface area contributed by atoms with Gasteiger partial charge in [-0.25, -0.2) is 9.97 Å². The fourth-order valence-electron chi connectivity index (χ4n) is 3.66. The van der Waals surface area contributed by atoms with E-state index in [0.717, 1.165) is 24.2 Å². The monoisotopic (exact) mass is 443 g/mol. The third-order valence-corrected chi connectivity index (χ3v) is 6.33. The summed E-state index contributed by atoms with van der Waals surface area (Å²) in [6.45, 7) is 3.85. The minimum absolute atomic E-state index is 0.0625. The number of aromatic nitrogens is 3. The van der Waals surface area contributed by atoms with Crippen LogP contribution in [0.25, 0.3) is 0 Å². The van der Waals surface area contributed by atoms with Gasteiger partial charge < -0.3 is 10.1 Å². The molecule has 1 fully saturated rings. The zero-order valence-corrected chi connectivity index (χ0v) is 19.0. The Hall–Kier alpha value is -2.68. The number of amides is 2. The zero-order valence-electron chi connectivity index (χ0n) is 18.1. The number of thiol groups is 1. The molecule has 0 spiro atoms. The lowest BCUT2D eigenvalue weighted by Gasteiger charge is -2.30. The standard InChI is InChI=1S/C22H29N5O3S/c1-14(2)18(31)19(28)27-22(9-4-5-10-22)20(29)26-21-24-13-23-17(25-21)12-15-7-6-8-16(11-15)30-3/h6-8,11,13-14,18,31H,4-5,9-10,12H2,1-3H3,(H,27,28)(H,23,24,25,26,29)/t18-/m0/s1. The van der Waals surface area contributed by atoms with Crippen LogP contribution in [-0.2, 0) is 16.0 Å². The van der Waals surface area contributed by atoms with Gasteiger partial charge in [0.15, 0.2) is 0 Å². The molecule has 1 aliphatic rings. The molecule has 8 nitrogen and oxygen atoms in total. The molecule has 2 aromatic rings. The van der Waals surface area contributed by atoms with E-state index in [0.29, 0.717) is 25.1 Å². The molecule has 1 saturated carbocycles. The lowest BCUT2D eigenvalue weighted by Crippen LogP contribution is -2.57. The van der Waals surface area contributed by atoms with Crippen molar-refractivity contribution in [3.63, 3.8) is 0 Å². The second kappa shape index (κ2) is 10.1. The molecule has 0 saturated heterocycles. The number of hydrogen-bond acceptors (Lipinski definition) is 7. The molecule has 31 heavy (non-hydrogen) atoms. The van der Waals surface area contributed by atoms with Gasteiger partial charge in [0.2, 0.25) is 11.9 Å². The molecule has 2 amide bonds. The van der Waals surface area contributed by atoms with Crippen molar-refractivity contribution in [1.29, 1.82) is 0 Å². The van der Waals surface area contributed by atoms with Crippen molar-refractivity contribution in [2.75, 3.05) is 12.4 Å². The van der Waals surface area contributed by atoms with E-state index < -0.39 is 10.8 Å². The smallest absolute Gasteiger partial charge is 0.252 e. The number of nitrogens with zero attached hydrogens (tertiary/aromatic N) is 3. The number of carbonyl (C=O) groups excluding carboxylic acids is 2. The molecule has 1 heterocycles. The molecule has 0 radical (unpaired) electrons. The van der Waals surface area contributed by atoms with Gasteiger partial charge in [-0.2, -0.15) is 17.6 Å². The van der Waals surface area contributed by atoms with Gasteiger partial charge in [-0.15, -0.1) is 0 Å². The van der Waals surface area contributed by atoms with Crippen LogP contribution in [0.4, 0.5) is 5.95 Å². The van der Waals surface area contributed by atoms with Gasteiger partial charge in [0.25, 0.3) is 5.91 Å². The third kappa shape index (κ3) is 5.72. The van der Waals surface area contributed by atoms with Crippen molar-refractivity contribution >= 4 is 30.4 Å². The number of rotatable bonds is 8. The molecule has 166 valence electrons. The molecule has 0 aliphatic heterocycles. The van der Waals surface area contributed by atoms with E-state index in [2.05, 4.69) is 38.2 Å². The van der Waals surface area contributed by atoms with Crippen LogP contribution in [0.3, 0.4) is 0 Å². The van der Waals surface area contributed by atoms with Crippen molar-refractivity contribution in [2.45, 2.75) is 56.7 Å². The average Bonchev–Trinajstić information content (AvgIpc) is 3.23. The predicted octanol–water partition coefficient (Wildman–Crippen LogP) is 2.79. The SMILES string of the molecule is COc1cccc(Cc2ncnc(NC(=O)C3(NC(=O)[C@@H](S)C(C)C)CCCC3)n2)c1. The maximum Gasteiger partial charge on any atom is 0.252 e. The lowest BCUT2D eigenvalue weighted by atomic mass is 9.95. The van der Waals surface area contributed by atoms with Gasteiger partial charge in [-0.3, -0.25) is 14.9 Å². The summed E-state index contributed by atoms with van der Waals surface area (Å²) in [5.74, 6) is 0.976. The fourth-order valence-corrected chi connectivity index (χ4v) is 3.73. The number of benzene rings is 1. The summed E-state index contributed by atoms with van der Waals surface area (Å²) in [6, 6.07) is 7.63. The van der Waals surface area contributed by atoms with Crippen LogP contribution in [0.1, 0.15) is 50.9 Å². The van der Waals surface area contributed by atoms with E-state index in [-0.39, 0.29) is 23.7 Å². The van der Waals surface area contributed by atoms with E-state index in [1.807, 2.05) is 38.1 Å². The largest absolute Gasteiger partial charge is 0.497 e. The van der Waals surface area contributed by atoms with Gasteiger partial charge in [0.1, 0.15) is 23.4 Å². The van der Waals surface area contributed by atoms with E-state index in [4.69, 9.17) is 4.74 Å². The number of methoxy groups -OCH3 is 1. The number of nitrogens with one attached hydrogen (secondary N) is 2. The van der Waals surface area contributed by atoms with Crippen molar-refractivity contribution < 1.29 is 14.3 Å². The highest BCUT2D eigenvalue weighted by molar-refractivity contribution is 7.81. The van der Waals surface area contributed by atoms with E-state index in [1.54, 1.807) is 7.11 Å². The second-order valence-corrected chi connectivity index (χ2v) is 8.73. The first-order chi connectivity index (χ1) is 14.8. The van der Waals surface area contributed by atoms with Crippen LogP contribution in [0.5, 0.6) is 5.75 Å². The maximum absolute atomic E-state index is 13.2. The quantitative estimate of drug-likeness (QED) is 0.542. The highest BCUT2D eigenvalue weighted by Gasteiger charge is 2.43. The Morgan fingerprint density at radius 1 is 1.23 bits per heavy atom. The topological polar surface area (TPSA) is 106 Å². The van der Waals surface area contributed by atoms with Crippen LogP contribution in [-0.4, -0.2) is 44.7 Å². The van der Waals surface area contributed by atoms with Gasteiger partial charge in [0.05, 0.1) is 12.4 Å². The van der Waals surface area contributed by atoms with E-state index >= 15 is 0 Å². The van der Waals surface area contributed by atoms with Gasteiger partial charge in [-0.05, 0) is 36.5 Å². The van der Waals surface area contributed by atoms with Crippen molar-refractivity contribution in [2.24, 2.45) is 5.92 Å². The summed E-state index contributed by atoms with van der Waals surface area (Å²) in [4.78, 5) is 38.4. The van der Waals surface area contributed by atoms with Gasteiger partial charge >= 0.3 is 0 Å². The Morgan fingerprint density at radius 2 is 1.97 bits per heavy atom. The normalized spacial score (nSPS) is 16.0. The maximum atomic E-state index is 13.2. The van der Waals surface area contributed by atoms with Crippen LogP contribution >= 0.6 is 12.6 Å². The molecular formula is C22H29N5O3S. The minimum atomic E-state index is -0.966. The first-order valence-electron chi connectivity index (χ1n) is 10.5. The van der Waals surface area contributed by atoms with Gasteiger partial charge in [-0.1, -0.05) is 38.8 Å². The predicted molar refractivity (Wildman–Crippen MR) is 121 cm³/mol. The van der Waals surface area contributed by atoms with Crippen LogP contribution < -0.4 is 15.4 Å². The summed E-state index contributed by atoms with van der Waals surface area (Å²) in [5, 5.41) is 5.25. The molecule has 2 N–H and O–H groups in total. The second-order valence-electron chi connectivity index (χ2n) is 8.18. The Balaban J connectivity index is 1.72. The Labute approximate surface area is 188 Å². The highest BCUT2D eigenvalue weighted by Crippen LogP contribution is 2.31. The van der Waals surface area contributed by atoms with Crippen molar-refractivity contribution in [3.8, 4) is 5.75 Å². The summed E-state index contributed by atoms with van der Waals surface area (Å²) < 4.78 is 5.25. The van der Waals surface area contributed by atoms with Crippen molar-refractivity contribution in [3.05, 3.63) is 42.0 Å². The van der Waals surface area contributed by atoms with E-state index in [1.165, 1.54) is 6.33 Å². The third-order valence-electron chi connectivity index (χ3n) is 5.50. The molecule has 1 aromatic carbocycles. The molecule has 0 bridgehead atoms. The average molecular weight is 444 g/mol. The minimum Gasteiger partial charge on any atom is -0.497 e. The Kier molecular flexibility index (Phi) is 7.48. The summed E-state index contributed by atoms with van der Waals surface area (Å²) >= 11 is 4.39. The number of hydrogen-bond donors (Lipinski definition) is 3. The molecule has 0 unspecified atom stereocenters. The van der Waals surface area contributed by atoms with Crippen LogP contribution in [0.15, 0.2) is 30.6 Å². The number of ether oxygens (including phenoxy) is 1. The summed E-state index contributed by atoms with van der Waals surface area (Å²) in [5.41, 5.74) is 0.0165. The molecule has 3 rings (SSSR count). The van der Waals surface area contributed by atoms with Crippen LogP contribution in [0, 0.1) is 5.92 Å². The first-order valence-corrected chi connectivity index (χ1v) is 11.0. The first kappa shape index (κ1) is 23.0. The van der Waals surface area contributed by atoms with Crippen molar-refractivity contribution in [1.82, 2.24) is 20.3 Å². The number of carbonyl (C=O) groups is 2. The Morgan fingerprint density at radius 3 is 2.65 bits per heavy atom. The van der Waals surface area contributed by atoms with E-state index in [9.17, 15) is 9.59 Å². The number of anilines is 1. The Bertz CT molecular complexity index is 931. The molecule has 1 aliphatic carbocycles. The summed E-state index contributed by atoms with van der Waals surface area (Å²) in [6.07, 6.45) is 4.73.